The van der Waals surface area contributed by atoms with E-state index >= 15 is 0 Å². The molecule has 2 nitrogen and oxygen atoms in total. The summed E-state index contributed by atoms with van der Waals surface area (Å²) in [5, 5.41) is 2.13. The van der Waals surface area contributed by atoms with Gasteiger partial charge in [0.05, 0.1) is 0 Å². The number of piperidine rings is 1. The van der Waals surface area contributed by atoms with E-state index in [4.69, 9.17) is 0 Å². The van der Waals surface area contributed by atoms with Gasteiger partial charge in [0.25, 0.3) is 0 Å². The van der Waals surface area contributed by atoms with Crippen LogP contribution >= 0.6 is 11.8 Å². The highest BCUT2D eigenvalue weighted by Gasteiger charge is 2.23. The molecule has 0 aromatic rings. The molecule has 110 valence electrons. The molecule has 0 N–H and O–H groups in total. The van der Waals surface area contributed by atoms with Gasteiger partial charge in [-0.15, -0.1) is 11.8 Å². The molecular weight excluding hydrogens is 254 g/mol. The number of nitrogens with zero attached hydrogens (tertiary/aromatic N) is 1. The molecule has 0 atom stereocenters. The fourth-order valence-corrected chi connectivity index (χ4v) is 3.28. The van der Waals surface area contributed by atoms with Crippen LogP contribution in [0.3, 0.4) is 0 Å². The molecule has 19 heavy (non-hydrogen) atoms. The normalized spacial score (nSPS) is 18.6. The Labute approximate surface area is 123 Å². The quantitative estimate of drug-likeness (QED) is 0.484. The van der Waals surface area contributed by atoms with Crippen LogP contribution in [0.1, 0.15) is 59.3 Å². The van der Waals surface area contributed by atoms with Crippen LogP contribution in [0.2, 0.25) is 0 Å². The van der Waals surface area contributed by atoms with E-state index in [1.165, 1.54) is 25.7 Å². The van der Waals surface area contributed by atoms with Gasteiger partial charge in [-0.2, -0.15) is 0 Å². The molecule has 0 bridgehead atoms. The zero-order valence-electron chi connectivity index (χ0n) is 12.8. The number of carbonyl (C=O) groups is 1. The largest absolute Gasteiger partial charge is 0.339 e. The zero-order valence-corrected chi connectivity index (χ0v) is 13.6. The molecule has 3 heteroatoms. The maximum atomic E-state index is 12.3. The van der Waals surface area contributed by atoms with Crippen LogP contribution in [-0.2, 0) is 4.79 Å². The SMILES string of the molecule is CCCCCCSC=C1CCCN(CC(C)C)C1=O. The molecule has 1 amide bonds. The number of amides is 1. The van der Waals surface area contributed by atoms with E-state index in [0.29, 0.717) is 5.92 Å². The van der Waals surface area contributed by atoms with Gasteiger partial charge in [0.2, 0.25) is 5.91 Å². The molecule has 0 aliphatic carbocycles. The smallest absolute Gasteiger partial charge is 0.250 e. The minimum atomic E-state index is 0.279. The predicted molar refractivity (Wildman–Crippen MR) is 85.3 cm³/mol. The molecule has 0 saturated carbocycles. The lowest BCUT2D eigenvalue weighted by Gasteiger charge is -2.29. The number of unbranched alkanes of at least 4 members (excludes halogenated alkanes) is 3. The van der Waals surface area contributed by atoms with Gasteiger partial charge < -0.3 is 4.90 Å². The Morgan fingerprint density at radius 3 is 2.79 bits per heavy atom. The Balaban J connectivity index is 2.33. The summed E-state index contributed by atoms with van der Waals surface area (Å²) in [6.07, 6.45) is 7.30. The molecule has 1 fully saturated rings. The van der Waals surface area contributed by atoms with Gasteiger partial charge in [0.1, 0.15) is 0 Å². The van der Waals surface area contributed by atoms with Crippen LogP contribution in [0.15, 0.2) is 11.0 Å². The van der Waals surface area contributed by atoms with Crippen molar-refractivity contribution in [3.63, 3.8) is 0 Å². The molecule has 1 heterocycles. The molecule has 0 radical (unpaired) electrons. The maximum absolute atomic E-state index is 12.3. The predicted octanol–water partition coefficient (Wildman–Crippen LogP) is 4.46. The Morgan fingerprint density at radius 2 is 2.11 bits per heavy atom. The van der Waals surface area contributed by atoms with Crippen molar-refractivity contribution < 1.29 is 4.79 Å². The lowest BCUT2D eigenvalue weighted by atomic mass is 10.0. The highest BCUT2D eigenvalue weighted by atomic mass is 32.2. The van der Waals surface area contributed by atoms with Gasteiger partial charge >= 0.3 is 0 Å². The first kappa shape index (κ1) is 16.6. The van der Waals surface area contributed by atoms with Crippen LogP contribution in [0.25, 0.3) is 0 Å². The number of rotatable bonds is 8. The third kappa shape index (κ3) is 6.51. The molecule has 1 aliphatic rings. The average molecular weight is 283 g/mol. The topological polar surface area (TPSA) is 20.3 Å². The fourth-order valence-electron chi connectivity index (χ4n) is 2.37. The Morgan fingerprint density at radius 1 is 1.32 bits per heavy atom. The monoisotopic (exact) mass is 283 g/mol. The number of likely N-dealkylation sites (tertiary alicyclic amines) is 1. The average Bonchev–Trinajstić information content (AvgIpc) is 2.37. The summed E-state index contributed by atoms with van der Waals surface area (Å²) in [6.45, 7) is 8.42. The maximum Gasteiger partial charge on any atom is 0.250 e. The lowest BCUT2D eigenvalue weighted by Crippen LogP contribution is -2.39. The molecule has 1 aliphatic heterocycles. The number of thioether (sulfide) groups is 1. The third-order valence-electron chi connectivity index (χ3n) is 3.36. The van der Waals surface area contributed by atoms with E-state index in [9.17, 15) is 4.79 Å². The van der Waals surface area contributed by atoms with Gasteiger partial charge in [0, 0.05) is 18.7 Å². The van der Waals surface area contributed by atoms with Gasteiger partial charge in [-0.25, -0.2) is 0 Å². The summed E-state index contributed by atoms with van der Waals surface area (Å²) in [5.41, 5.74) is 1.03. The number of hydrogen-bond acceptors (Lipinski definition) is 2. The Bertz CT molecular complexity index is 299. The molecule has 0 aromatic carbocycles. The Kier molecular flexibility index (Phi) is 8.27. The van der Waals surface area contributed by atoms with Crippen molar-refractivity contribution in [3.8, 4) is 0 Å². The first-order valence-electron chi connectivity index (χ1n) is 7.75. The van der Waals surface area contributed by atoms with Crippen LogP contribution in [0.5, 0.6) is 0 Å². The third-order valence-corrected chi connectivity index (χ3v) is 4.34. The second-order valence-electron chi connectivity index (χ2n) is 5.82. The van der Waals surface area contributed by atoms with E-state index in [0.717, 1.165) is 37.3 Å². The van der Waals surface area contributed by atoms with Crippen LogP contribution in [0.4, 0.5) is 0 Å². The molecular formula is C16H29NOS. The fraction of sp³-hybridized carbons (Fsp3) is 0.812. The standard InChI is InChI=1S/C16H29NOS/c1-4-5-6-7-11-19-13-15-9-8-10-17(16(15)18)12-14(2)3/h13-14H,4-12H2,1-3H3. The number of carbonyl (C=O) groups excluding carboxylic acids is 1. The lowest BCUT2D eigenvalue weighted by molar-refractivity contribution is -0.129. The van der Waals surface area contributed by atoms with Gasteiger partial charge in [-0.3, -0.25) is 4.79 Å². The van der Waals surface area contributed by atoms with Crippen molar-refractivity contribution in [1.82, 2.24) is 4.90 Å². The second-order valence-corrected chi connectivity index (χ2v) is 6.80. The summed E-state index contributed by atoms with van der Waals surface area (Å²) in [6, 6.07) is 0. The van der Waals surface area contributed by atoms with Crippen LogP contribution < -0.4 is 0 Å². The summed E-state index contributed by atoms with van der Waals surface area (Å²) in [5.74, 6) is 1.99. The van der Waals surface area contributed by atoms with Crippen molar-refractivity contribution in [2.24, 2.45) is 5.92 Å². The van der Waals surface area contributed by atoms with Crippen molar-refractivity contribution in [2.45, 2.75) is 59.3 Å². The Hall–Kier alpha value is -0.440. The zero-order chi connectivity index (χ0) is 14.1. The van der Waals surface area contributed by atoms with Crippen molar-refractivity contribution >= 4 is 17.7 Å². The number of hydrogen-bond donors (Lipinski definition) is 0. The summed E-state index contributed by atoms with van der Waals surface area (Å²) < 4.78 is 0. The molecule has 1 rings (SSSR count). The summed E-state index contributed by atoms with van der Waals surface area (Å²) in [7, 11) is 0. The van der Waals surface area contributed by atoms with Crippen LogP contribution in [0, 0.1) is 5.92 Å². The van der Waals surface area contributed by atoms with Crippen molar-refractivity contribution in [1.29, 1.82) is 0 Å². The second kappa shape index (κ2) is 9.46. The van der Waals surface area contributed by atoms with E-state index in [1.807, 2.05) is 16.7 Å². The minimum absolute atomic E-state index is 0.279. The minimum Gasteiger partial charge on any atom is -0.339 e. The van der Waals surface area contributed by atoms with Gasteiger partial charge in [-0.05, 0) is 36.3 Å². The first-order valence-corrected chi connectivity index (χ1v) is 8.80. The molecule has 0 unspecified atom stereocenters. The van der Waals surface area contributed by atoms with Crippen molar-refractivity contribution in [2.75, 3.05) is 18.8 Å². The van der Waals surface area contributed by atoms with E-state index < -0.39 is 0 Å². The van der Waals surface area contributed by atoms with E-state index in [-0.39, 0.29) is 5.91 Å². The van der Waals surface area contributed by atoms with Gasteiger partial charge in [0.15, 0.2) is 0 Å². The van der Waals surface area contributed by atoms with Crippen molar-refractivity contribution in [3.05, 3.63) is 11.0 Å². The van der Waals surface area contributed by atoms with E-state index in [1.54, 1.807) is 0 Å². The van der Waals surface area contributed by atoms with Gasteiger partial charge in [-0.1, -0.05) is 40.0 Å². The van der Waals surface area contributed by atoms with E-state index in [2.05, 4.69) is 26.2 Å². The highest BCUT2D eigenvalue weighted by Crippen LogP contribution is 2.22. The van der Waals surface area contributed by atoms with Crippen LogP contribution in [-0.4, -0.2) is 29.6 Å². The molecule has 1 saturated heterocycles. The summed E-state index contributed by atoms with van der Waals surface area (Å²) in [4.78, 5) is 14.3. The highest BCUT2D eigenvalue weighted by molar-refractivity contribution is 8.02. The molecule has 0 spiro atoms. The summed E-state index contributed by atoms with van der Waals surface area (Å²) >= 11 is 1.83. The molecule has 0 aromatic heterocycles. The first-order chi connectivity index (χ1) is 9.15.